The zero-order valence-corrected chi connectivity index (χ0v) is 91.4. The third-order valence-corrected chi connectivity index (χ3v) is 24.6. The van der Waals surface area contributed by atoms with Crippen LogP contribution in [0.5, 0.6) is 0 Å². The highest BCUT2D eigenvalue weighted by molar-refractivity contribution is 7.86. The number of aliphatic hydroxyl groups is 2. The highest BCUT2D eigenvalue weighted by atomic mass is 32.2. The van der Waals surface area contributed by atoms with Gasteiger partial charge in [-0.1, -0.05) is 24.3 Å². The Balaban J connectivity index is 1.38. The smallest absolute Gasteiger partial charge is 0.414 e. The van der Waals surface area contributed by atoms with E-state index in [0.717, 1.165) is 479 Å². The molecule has 0 bridgehead atoms. The number of rotatable bonds is 120. The fourth-order valence-electron chi connectivity index (χ4n) is 14.4. The number of anilines is 2. The molecule has 0 saturated carbocycles. The van der Waals surface area contributed by atoms with Crippen molar-refractivity contribution in [2.75, 3.05) is 325 Å². The van der Waals surface area contributed by atoms with Gasteiger partial charge in [0, 0.05) is 302 Å². The molecule has 2 aromatic rings. The molecule has 852 valence electrons. The molecule has 4 N–H and O–H groups in total. The Morgan fingerprint density at radius 2 is 0.310 bits per heavy atom. The lowest BCUT2D eigenvalue weighted by atomic mass is 10.0. The van der Waals surface area contributed by atoms with E-state index < -0.39 is 43.9 Å². The second kappa shape index (κ2) is 110. The Morgan fingerprint density at radius 1 is 0.186 bits per heavy atom. The molecule has 0 aliphatic carbocycles. The van der Waals surface area contributed by atoms with Gasteiger partial charge in [0.1, 0.15) is 0 Å². The number of hydrogen-bond donors (Lipinski definition) is 4. The maximum atomic E-state index is 13.5. The second-order valence-electron chi connectivity index (χ2n) is 36.6. The lowest BCUT2D eigenvalue weighted by molar-refractivity contribution is 0.0768. The zero-order chi connectivity index (χ0) is 104. The fourth-order valence-corrected chi connectivity index (χ4v) is 15.4. The number of carbonyl (C=O) groups excluding carboxylic acids is 2. The minimum atomic E-state index is -4.27. The molecule has 36 heteroatoms. The second-order valence-corrected chi connectivity index (χ2v) is 39.7. The van der Waals surface area contributed by atoms with Crippen molar-refractivity contribution >= 4 is 43.8 Å². The molecule has 0 fully saturated rings. The van der Waals surface area contributed by atoms with Gasteiger partial charge in [-0.15, -0.1) is 0 Å². The van der Waals surface area contributed by atoms with E-state index in [1.165, 1.54) is 9.80 Å². The molecule has 0 radical (unpaired) electrons. The quantitative estimate of drug-likeness (QED) is 0.0353. The van der Waals surface area contributed by atoms with Gasteiger partial charge in [0.2, 0.25) is 0 Å². The Bertz CT molecular complexity index is 3020. The van der Waals surface area contributed by atoms with Crippen molar-refractivity contribution in [2.24, 2.45) is 0 Å². The zero-order valence-electron chi connectivity index (χ0n) is 89.7. The van der Waals surface area contributed by atoms with Gasteiger partial charge in [0.05, 0.1) is 24.7 Å². The first-order valence-electron chi connectivity index (χ1n) is 56.1. The molecule has 145 heavy (non-hydrogen) atoms. The minimum Gasteiger partial charge on any atom is -0.449 e. The average Bonchev–Trinajstić information content (AvgIpc) is 0.842. The van der Waals surface area contributed by atoms with Gasteiger partial charge in [0.15, 0.2) is 0 Å². The molecule has 2 rings (SSSR count). The summed E-state index contributed by atoms with van der Waals surface area (Å²) in [6.45, 7) is 30.1. The summed E-state index contributed by atoms with van der Waals surface area (Å²) in [5.41, 5.74) is 2.75. The molecular formula is C109H202N2O32S2. The molecule has 0 unspecified atom stereocenters. The summed E-state index contributed by atoms with van der Waals surface area (Å²) < 4.78 is 192. The van der Waals surface area contributed by atoms with Crippen LogP contribution in [0.25, 0.3) is 0 Å². The van der Waals surface area contributed by atoms with Crippen LogP contribution < -0.4 is 9.80 Å². The summed E-state index contributed by atoms with van der Waals surface area (Å²) in [5.74, 6) is -1.06. The predicted molar refractivity (Wildman–Crippen MR) is 569 cm³/mol. The van der Waals surface area contributed by atoms with E-state index >= 15 is 0 Å². The first kappa shape index (κ1) is 137. The van der Waals surface area contributed by atoms with E-state index in [9.17, 15) is 35.5 Å². The average molecular weight is 2120 g/mol. The molecule has 2 aromatic carbocycles. The summed E-state index contributed by atoms with van der Waals surface area (Å²) >= 11 is 0. The summed E-state index contributed by atoms with van der Waals surface area (Å²) in [5, 5.41) is 17.6. The number of ether oxygens (including phenoxy) is 22. The summed E-state index contributed by atoms with van der Waals surface area (Å²) in [7, 11) is -8.54. The third-order valence-electron chi connectivity index (χ3n) is 23.0. The monoisotopic (exact) mass is 2120 g/mol. The number of benzene rings is 2. The fraction of sp³-hybridized carbons (Fsp3) is 0.872. The van der Waals surface area contributed by atoms with Crippen molar-refractivity contribution in [2.45, 2.75) is 302 Å². The van der Waals surface area contributed by atoms with Crippen LogP contribution >= 0.6 is 0 Å². The lowest BCUT2D eigenvalue weighted by Gasteiger charge is -2.23. The van der Waals surface area contributed by atoms with Crippen LogP contribution in [0.2, 0.25) is 0 Å². The Labute approximate surface area is 875 Å². The maximum Gasteiger partial charge on any atom is 0.414 e. The molecular weight excluding hydrogens is 1910 g/mol. The molecule has 0 saturated heterocycles. The molecule has 0 aliphatic heterocycles. The third kappa shape index (κ3) is 102. The van der Waals surface area contributed by atoms with Crippen LogP contribution in [-0.4, -0.2) is 364 Å². The van der Waals surface area contributed by atoms with Gasteiger partial charge in [-0.05, 0) is 337 Å². The number of aliphatic hydroxyl groups excluding tert-OH is 2. The molecule has 0 heterocycles. The Morgan fingerprint density at radius 3 is 0.434 bits per heavy atom. The van der Waals surface area contributed by atoms with Gasteiger partial charge in [0.25, 0.3) is 20.2 Å². The highest BCUT2D eigenvalue weighted by Gasteiger charge is 2.22. The van der Waals surface area contributed by atoms with E-state index in [0.29, 0.717) is 96.3 Å². The molecule has 34 nitrogen and oxygen atoms in total. The topological polar surface area (TPSA) is 393 Å². The van der Waals surface area contributed by atoms with Gasteiger partial charge >= 0.3 is 12.2 Å². The molecule has 0 spiro atoms. The van der Waals surface area contributed by atoms with Gasteiger partial charge in [-0.2, -0.15) is 16.8 Å². The number of hydrogen-bond acceptors (Lipinski definition) is 30. The van der Waals surface area contributed by atoms with Crippen molar-refractivity contribution in [1.29, 1.82) is 0 Å². The van der Waals surface area contributed by atoms with E-state index in [1.54, 1.807) is 24.3 Å². The summed E-state index contributed by atoms with van der Waals surface area (Å²) in [4.78, 5) is 29.6. The molecule has 0 atom stereocenters. The number of amides is 2. The summed E-state index contributed by atoms with van der Waals surface area (Å²) in [6.07, 6.45) is 40.6. The van der Waals surface area contributed by atoms with Gasteiger partial charge in [-0.3, -0.25) is 18.9 Å². The van der Waals surface area contributed by atoms with Crippen LogP contribution in [0.3, 0.4) is 0 Å². The number of carbonyl (C=O) groups is 2. The Kier molecular flexibility index (Phi) is 104. The molecule has 0 aromatic heterocycles. The van der Waals surface area contributed by atoms with Crippen LogP contribution in [-0.2, 0) is 131 Å². The summed E-state index contributed by atoms with van der Waals surface area (Å²) in [6, 6.07) is 14.4. The van der Waals surface area contributed by atoms with E-state index in [2.05, 4.69) is 0 Å². The number of unbranched alkanes of at least 4 members (excludes halogenated alkanes) is 22. The minimum absolute atomic E-state index is 0.0140. The first-order valence-corrected chi connectivity index (χ1v) is 59.3. The van der Waals surface area contributed by atoms with Crippen molar-refractivity contribution < 1.29 is 150 Å². The number of nitrogens with zero attached hydrogens (tertiary/aromatic N) is 2. The largest absolute Gasteiger partial charge is 0.449 e. The molecule has 2 amide bonds. The van der Waals surface area contributed by atoms with Gasteiger partial charge in [-0.25, -0.2) is 9.59 Å². The van der Waals surface area contributed by atoms with Crippen molar-refractivity contribution in [3.05, 3.63) is 59.7 Å². The van der Waals surface area contributed by atoms with Crippen LogP contribution in [0.4, 0.5) is 21.0 Å². The first-order chi connectivity index (χ1) is 71.3. The van der Waals surface area contributed by atoms with Crippen LogP contribution in [0.15, 0.2) is 48.5 Å². The van der Waals surface area contributed by atoms with E-state index in [1.807, 2.05) is 24.3 Å². The van der Waals surface area contributed by atoms with Crippen molar-refractivity contribution in [3.8, 4) is 0 Å². The van der Waals surface area contributed by atoms with Crippen molar-refractivity contribution in [3.63, 3.8) is 0 Å². The van der Waals surface area contributed by atoms with E-state index in [4.69, 9.17) is 114 Å². The SMILES string of the molecule is O=C(OCCCCOCCCCOCCCCOCCCCOCCCCOCCCCOCCCCOCCCCOCCCCOCCCCOCCCCO)N(CCCS(=O)(=O)O)c1ccc(Cc2ccc(N(CCCS(=O)(=O)O)C(=O)OCCCCOCCCCOCCCCOCCCCOCCCCOCCCCOCCCCOCCCCOCCCCOCCCCOCCCCO)cc2)cc1. The Hall–Kier alpha value is -4.08. The normalized spacial score (nSPS) is 11.9. The van der Waals surface area contributed by atoms with Crippen molar-refractivity contribution in [1.82, 2.24) is 0 Å². The lowest BCUT2D eigenvalue weighted by Crippen LogP contribution is -2.33. The van der Waals surface area contributed by atoms with Gasteiger partial charge < -0.3 is 114 Å². The predicted octanol–water partition coefficient (Wildman–Crippen LogP) is 19.2. The standard InChI is InChI=1S/C109H202N2O32S2/c112-57-1-3-59-122-61-5-7-63-124-65-9-11-67-126-69-13-15-71-128-73-17-19-75-130-77-21-23-79-132-81-25-27-83-134-85-29-31-87-136-89-33-35-91-138-93-37-39-95-140-97-41-43-99-142-108(114)110(55-45-101-144(116,117)118)106-51-47-104(48-52-106)103-105-49-53-107(54-50-105)111(56-46-102-145(119,120)121)109(115)143-100-44-42-98-141-96-40-38-94-139-92-36-34-90-137-88-32-30-86-135-84-28-26-82-133-80-24-22-78-131-76-20-18-74-129-72-16-14-70-127-68-12-10-66-125-64-8-6-62-123-60-4-2-58-113/h47-54,112-113H,1-46,55-103H2,(H,116,117,118)(H,119,120,121). The van der Waals surface area contributed by atoms with E-state index in [-0.39, 0.29) is 52.4 Å². The molecule has 0 aliphatic rings. The van der Waals surface area contributed by atoms with Crippen LogP contribution in [0, 0.1) is 0 Å². The van der Waals surface area contributed by atoms with Crippen LogP contribution in [0.1, 0.15) is 306 Å². The highest BCUT2D eigenvalue weighted by Crippen LogP contribution is 2.24. The maximum absolute atomic E-state index is 13.5.